The molecule has 19 heavy (non-hydrogen) atoms. The third-order valence-electron chi connectivity index (χ3n) is 4.01. The molecule has 2 rings (SSSR count). The summed E-state index contributed by atoms with van der Waals surface area (Å²) < 4.78 is 13.8. The van der Waals surface area contributed by atoms with Crippen molar-refractivity contribution in [2.75, 3.05) is 19.6 Å². The molecule has 0 saturated carbocycles. The minimum atomic E-state index is -0.218. The van der Waals surface area contributed by atoms with E-state index in [1.807, 2.05) is 12.1 Å². The Bertz CT molecular complexity index is 425. The Kier molecular flexibility index (Phi) is 5.37. The lowest BCUT2D eigenvalue weighted by Gasteiger charge is -2.27. The number of rotatable bonds is 5. The fourth-order valence-electron chi connectivity index (χ4n) is 3.01. The second-order valence-corrected chi connectivity index (χ2v) is 6.22. The Labute approximate surface area is 123 Å². The van der Waals surface area contributed by atoms with Crippen molar-refractivity contribution in [3.05, 3.63) is 34.1 Å². The van der Waals surface area contributed by atoms with Crippen LogP contribution in [0.3, 0.4) is 0 Å². The predicted molar refractivity (Wildman–Crippen MR) is 80.5 cm³/mol. The monoisotopic (exact) mass is 328 g/mol. The highest BCUT2D eigenvalue weighted by Crippen LogP contribution is 2.30. The molecule has 0 radical (unpaired) electrons. The second-order valence-electron chi connectivity index (χ2n) is 5.36. The molecule has 1 fully saturated rings. The van der Waals surface area contributed by atoms with Gasteiger partial charge in [-0.1, -0.05) is 19.4 Å². The normalized spacial score (nSPS) is 21.8. The van der Waals surface area contributed by atoms with Gasteiger partial charge in [-0.25, -0.2) is 4.39 Å². The summed E-state index contributed by atoms with van der Waals surface area (Å²) in [4.78, 5) is 2.44. The van der Waals surface area contributed by atoms with E-state index in [2.05, 4.69) is 27.8 Å². The minimum Gasteiger partial charge on any atom is -0.329 e. The molecule has 4 heteroatoms. The van der Waals surface area contributed by atoms with E-state index < -0.39 is 0 Å². The molecule has 0 aromatic heterocycles. The van der Waals surface area contributed by atoms with Crippen molar-refractivity contribution in [3.63, 3.8) is 0 Å². The summed E-state index contributed by atoms with van der Waals surface area (Å²) in [6.07, 6.45) is 3.79. The van der Waals surface area contributed by atoms with Gasteiger partial charge in [0.05, 0.1) is 4.47 Å². The number of hydrogen-bond acceptors (Lipinski definition) is 2. The van der Waals surface area contributed by atoms with Crippen molar-refractivity contribution >= 4 is 15.9 Å². The van der Waals surface area contributed by atoms with Gasteiger partial charge in [0.2, 0.25) is 0 Å². The first-order chi connectivity index (χ1) is 9.15. The molecule has 106 valence electrons. The van der Waals surface area contributed by atoms with Crippen molar-refractivity contribution < 1.29 is 4.39 Å². The summed E-state index contributed by atoms with van der Waals surface area (Å²) in [6, 6.07) is 5.44. The zero-order valence-corrected chi connectivity index (χ0v) is 13.0. The van der Waals surface area contributed by atoms with Crippen LogP contribution in [0, 0.1) is 11.7 Å². The van der Waals surface area contributed by atoms with E-state index in [9.17, 15) is 4.39 Å². The van der Waals surface area contributed by atoms with Crippen LogP contribution in [0.25, 0.3) is 0 Å². The van der Waals surface area contributed by atoms with E-state index in [0.717, 1.165) is 24.6 Å². The summed E-state index contributed by atoms with van der Waals surface area (Å²) in [7, 11) is 0. The van der Waals surface area contributed by atoms with Crippen LogP contribution in [0.4, 0.5) is 4.39 Å². The number of nitrogens with zero attached hydrogens (tertiary/aromatic N) is 1. The van der Waals surface area contributed by atoms with Gasteiger partial charge in [0.25, 0.3) is 0 Å². The van der Waals surface area contributed by atoms with Gasteiger partial charge in [0, 0.05) is 19.1 Å². The summed E-state index contributed by atoms with van der Waals surface area (Å²) >= 11 is 3.25. The summed E-state index contributed by atoms with van der Waals surface area (Å²) in [5, 5.41) is 0. The largest absolute Gasteiger partial charge is 0.329 e. The first kappa shape index (κ1) is 14.9. The van der Waals surface area contributed by atoms with Gasteiger partial charge in [-0.3, -0.25) is 4.90 Å². The lowest BCUT2D eigenvalue weighted by atomic mass is 10.0. The Hall–Kier alpha value is -0.450. The number of benzene rings is 1. The maximum atomic E-state index is 13.3. The molecule has 1 aromatic carbocycles. The van der Waals surface area contributed by atoms with Crippen LogP contribution >= 0.6 is 15.9 Å². The second kappa shape index (κ2) is 6.82. The van der Waals surface area contributed by atoms with Gasteiger partial charge in [0.15, 0.2) is 0 Å². The van der Waals surface area contributed by atoms with Crippen LogP contribution in [0.5, 0.6) is 0 Å². The van der Waals surface area contributed by atoms with E-state index in [1.54, 1.807) is 0 Å². The molecule has 1 aromatic rings. The highest BCUT2D eigenvalue weighted by atomic mass is 79.9. The van der Waals surface area contributed by atoms with Crippen molar-refractivity contribution in [2.24, 2.45) is 11.7 Å². The van der Waals surface area contributed by atoms with Crippen molar-refractivity contribution in [3.8, 4) is 0 Å². The van der Waals surface area contributed by atoms with Gasteiger partial charge in [-0.15, -0.1) is 0 Å². The predicted octanol–water partition coefficient (Wildman–Crippen LogP) is 3.71. The lowest BCUT2D eigenvalue weighted by molar-refractivity contribution is 0.239. The van der Waals surface area contributed by atoms with E-state index >= 15 is 0 Å². The Morgan fingerprint density at radius 1 is 1.53 bits per heavy atom. The van der Waals surface area contributed by atoms with E-state index in [4.69, 9.17) is 5.73 Å². The minimum absolute atomic E-state index is 0.207. The number of nitrogens with two attached hydrogens (primary N) is 1. The zero-order valence-electron chi connectivity index (χ0n) is 11.4. The molecule has 0 spiro atoms. The van der Waals surface area contributed by atoms with Gasteiger partial charge >= 0.3 is 0 Å². The van der Waals surface area contributed by atoms with Crippen molar-refractivity contribution in [1.29, 1.82) is 0 Å². The number of halogens is 2. The van der Waals surface area contributed by atoms with Crippen LogP contribution in [0.2, 0.25) is 0 Å². The first-order valence-electron chi connectivity index (χ1n) is 7.04. The molecule has 1 heterocycles. The summed E-state index contributed by atoms with van der Waals surface area (Å²) in [5.41, 5.74) is 7.05. The smallest absolute Gasteiger partial charge is 0.137 e. The molecule has 0 bridgehead atoms. The SMILES string of the molecule is CCCC1CCN(C(CN)c2ccc(F)c(Br)c2)C1. The Morgan fingerprint density at radius 2 is 2.32 bits per heavy atom. The Balaban J connectivity index is 2.09. The average Bonchev–Trinajstić information content (AvgIpc) is 2.83. The molecular weight excluding hydrogens is 307 g/mol. The first-order valence-corrected chi connectivity index (χ1v) is 7.84. The third-order valence-corrected chi connectivity index (χ3v) is 4.61. The van der Waals surface area contributed by atoms with E-state index in [0.29, 0.717) is 11.0 Å². The van der Waals surface area contributed by atoms with Crippen molar-refractivity contribution in [1.82, 2.24) is 4.90 Å². The molecule has 2 N–H and O–H groups in total. The zero-order chi connectivity index (χ0) is 13.8. The van der Waals surface area contributed by atoms with Crippen LogP contribution in [-0.4, -0.2) is 24.5 Å². The lowest BCUT2D eigenvalue weighted by Crippen LogP contribution is -2.32. The van der Waals surface area contributed by atoms with Gasteiger partial charge in [-0.05, 0) is 58.9 Å². The van der Waals surface area contributed by atoms with Gasteiger partial charge in [0.1, 0.15) is 5.82 Å². The number of hydrogen-bond donors (Lipinski definition) is 1. The molecule has 2 unspecified atom stereocenters. The molecular formula is C15H22BrFN2. The molecule has 1 aliphatic heterocycles. The maximum Gasteiger partial charge on any atom is 0.137 e. The molecule has 0 aliphatic carbocycles. The molecule has 1 saturated heterocycles. The molecule has 1 aliphatic rings. The van der Waals surface area contributed by atoms with Crippen LogP contribution in [0.1, 0.15) is 37.8 Å². The highest BCUT2D eigenvalue weighted by molar-refractivity contribution is 9.10. The van der Waals surface area contributed by atoms with Crippen LogP contribution in [-0.2, 0) is 0 Å². The number of likely N-dealkylation sites (tertiary alicyclic amines) is 1. The van der Waals surface area contributed by atoms with Crippen LogP contribution < -0.4 is 5.73 Å². The fourth-order valence-corrected chi connectivity index (χ4v) is 3.40. The topological polar surface area (TPSA) is 29.3 Å². The van der Waals surface area contributed by atoms with E-state index in [-0.39, 0.29) is 11.9 Å². The Morgan fingerprint density at radius 3 is 2.95 bits per heavy atom. The summed E-state index contributed by atoms with van der Waals surface area (Å²) in [5.74, 6) is 0.577. The highest BCUT2D eigenvalue weighted by Gasteiger charge is 2.28. The molecule has 2 atom stereocenters. The average molecular weight is 329 g/mol. The quantitative estimate of drug-likeness (QED) is 0.892. The standard InChI is InChI=1S/C15H22BrFN2/c1-2-3-11-6-7-19(10-11)15(9-18)12-4-5-14(17)13(16)8-12/h4-5,8,11,15H,2-3,6-7,9-10,18H2,1H3. The van der Waals surface area contributed by atoms with Crippen molar-refractivity contribution in [2.45, 2.75) is 32.2 Å². The maximum absolute atomic E-state index is 13.3. The van der Waals surface area contributed by atoms with E-state index in [1.165, 1.54) is 25.3 Å². The van der Waals surface area contributed by atoms with Gasteiger partial charge < -0.3 is 5.73 Å². The van der Waals surface area contributed by atoms with Crippen LogP contribution in [0.15, 0.2) is 22.7 Å². The van der Waals surface area contributed by atoms with Gasteiger partial charge in [-0.2, -0.15) is 0 Å². The molecule has 0 amide bonds. The fraction of sp³-hybridized carbons (Fsp3) is 0.600. The third kappa shape index (κ3) is 3.56. The summed E-state index contributed by atoms with van der Waals surface area (Å²) in [6.45, 7) is 5.03. The molecule has 2 nitrogen and oxygen atoms in total.